The van der Waals surface area contributed by atoms with Gasteiger partial charge < -0.3 is 19.6 Å². The highest BCUT2D eigenvalue weighted by molar-refractivity contribution is 7.67. The van der Waals surface area contributed by atoms with Gasteiger partial charge in [0.25, 0.3) is 0 Å². The maximum Gasteiger partial charge on any atom is 0.357 e. The predicted octanol–water partition coefficient (Wildman–Crippen LogP) is 1.20. The van der Waals surface area contributed by atoms with Crippen LogP contribution < -0.4 is 10.6 Å². The average Bonchev–Trinajstić information content (AvgIpc) is 2.42. The molecule has 0 amide bonds. The third-order valence-corrected chi connectivity index (χ3v) is 5.48. The van der Waals surface area contributed by atoms with Crippen molar-refractivity contribution in [2.75, 3.05) is 0 Å². The van der Waals surface area contributed by atoms with Crippen LogP contribution in [0.25, 0.3) is 10.8 Å². The molecule has 0 aromatic heterocycles. The Labute approximate surface area is 131 Å². The van der Waals surface area contributed by atoms with Crippen LogP contribution in [0.5, 0.6) is 0 Å². The molecule has 0 aliphatic heterocycles. The predicted molar refractivity (Wildman–Crippen MR) is 86.4 cm³/mol. The topological polar surface area (TPSA) is 132 Å². The number of hydrogen-bond acceptors (Lipinski definition) is 3. The Morgan fingerprint density at radius 3 is 2.00 bits per heavy atom. The van der Waals surface area contributed by atoms with Gasteiger partial charge in [-0.05, 0) is 29.3 Å². The summed E-state index contributed by atoms with van der Waals surface area (Å²) >= 11 is 0. The van der Waals surface area contributed by atoms with Crippen molar-refractivity contribution in [3.63, 3.8) is 0 Å². The van der Waals surface area contributed by atoms with Crippen molar-refractivity contribution in [2.24, 2.45) is 0 Å². The molecule has 2 rings (SSSR count). The summed E-state index contributed by atoms with van der Waals surface area (Å²) in [4.78, 5) is 50.6. The summed E-state index contributed by atoms with van der Waals surface area (Å²) in [6.45, 7) is 4.78. The zero-order chi connectivity index (χ0) is 17.6. The van der Waals surface area contributed by atoms with Crippen molar-refractivity contribution >= 4 is 42.4 Å². The van der Waals surface area contributed by atoms with Gasteiger partial charge in [0.1, 0.15) is 0 Å². The van der Waals surface area contributed by atoms with E-state index >= 15 is 0 Å². The molecule has 2 aromatic carbocycles. The van der Waals surface area contributed by atoms with Gasteiger partial charge in [0.15, 0.2) is 5.78 Å². The summed E-state index contributed by atoms with van der Waals surface area (Å²) in [5.74, 6) is -0.788. The first-order chi connectivity index (χ1) is 10.4. The van der Waals surface area contributed by atoms with Gasteiger partial charge in [-0.2, -0.15) is 0 Å². The van der Waals surface area contributed by atoms with E-state index in [4.69, 9.17) is 0 Å². The van der Waals surface area contributed by atoms with Crippen LogP contribution in [0.3, 0.4) is 0 Å². The van der Waals surface area contributed by atoms with E-state index in [0.29, 0.717) is 0 Å². The Morgan fingerprint density at radius 1 is 1.00 bits per heavy atom. The van der Waals surface area contributed by atoms with E-state index in [1.165, 1.54) is 31.2 Å². The molecular formula is C14H14O7P2. The fourth-order valence-electron chi connectivity index (χ4n) is 2.31. The van der Waals surface area contributed by atoms with Crippen LogP contribution in [-0.4, -0.2) is 25.4 Å². The first-order valence-corrected chi connectivity index (χ1v) is 9.55. The molecule has 0 aliphatic carbocycles. The average molecular weight is 356 g/mol. The molecular weight excluding hydrogens is 342 g/mol. The molecule has 0 aliphatic rings. The van der Waals surface area contributed by atoms with Crippen molar-refractivity contribution in [3.8, 4) is 0 Å². The van der Waals surface area contributed by atoms with Gasteiger partial charge in [-0.25, -0.2) is 0 Å². The van der Waals surface area contributed by atoms with Gasteiger partial charge >= 0.3 is 15.2 Å². The lowest BCUT2D eigenvalue weighted by Gasteiger charge is -2.18. The number of carbonyl (C=O) groups is 1. The molecule has 0 bridgehead atoms. The molecule has 122 valence electrons. The molecule has 23 heavy (non-hydrogen) atoms. The van der Waals surface area contributed by atoms with Gasteiger partial charge in [0, 0.05) is 5.56 Å². The van der Waals surface area contributed by atoms with E-state index in [1.807, 2.05) is 0 Å². The molecule has 7 nitrogen and oxygen atoms in total. The molecule has 2 aromatic rings. The molecule has 0 heterocycles. The summed E-state index contributed by atoms with van der Waals surface area (Å²) in [5.41, 5.74) is -0.463. The normalized spacial score (nSPS) is 12.4. The van der Waals surface area contributed by atoms with Crippen molar-refractivity contribution in [1.29, 1.82) is 0 Å². The quantitative estimate of drug-likeness (QED) is 0.368. The summed E-state index contributed by atoms with van der Waals surface area (Å²) in [5, 5.41) is -1.50. The van der Waals surface area contributed by atoms with Gasteiger partial charge in [0.05, 0.1) is 10.6 Å². The van der Waals surface area contributed by atoms with E-state index in [-0.39, 0.29) is 16.3 Å². The number of rotatable bonds is 4. The Kier molecular flexibility index (Phi) is 4.48. The standard InChI is InChI=1S/C14H14O7P2/c1-8(2)12(15)11-7-9-5-3-4-6-10(9)13(22(16,17)18)14(11)23(19,20)21/h3-7H,1H2,2H3,(H2,16,17,18)(H2,19,20,21). The Morgan fingerprint density at radius 2 is 1.52 bits per heavy atom. The second kappa shape index (κ2) is 5.80. The van der Waals surface area contributed by atoms with Crippen LogP contribution in [0.4, 0.5) is 0 Å². The highest BCUT2D eigenvalue weighted by atomic mass is 31.2. The second-order valence-corrected chi connectivity index (χ2v) is 8.11. The Bertz CT molecular complexity index is 920. The lowest BCUT2D eigenvalue weighted by atomic mass is 10.0. The summed E-state index contributed by atoms with van der Waals surface area (Å²) in [6, 6.07) is 7.09. The number of benzene rings is 2. The molecule has 0 saturated carbocycles. The third-order valence-electron chi connectivity index (χ3n) is 3.21. The highest BCUT2D eigenvalue weighted by Crippen LogP contribution is 2.44. The molecule has 0 spiro atoms. The van der Waals surface area contributed by atoms with E-state index < -0.39 is 37.1 Å². The molecule has 0 atom stereocenters. The maximum absolute atomic E-state index is 12.2. The highest BCUT2D eigenvalue weighted by Gasteiger charge is 2.37. The number of carbonyl (C=O) groups excluding carboxylic acids is 1. The minimum Gasteiger partial charge on any atom is -0.321 e. The van der Waals surface area contributed by atoms with Crippen molar-refractivity contribution < 1.29 is 33.5 Å². The van der Waals surface area contributed by atoms with Crippen LogP contribution >= 0.6 is 15.2 Å². The van der Waals surface area contributed by atoms with E-state index in [9.17, 15) is 33.5 Å². The number of ketones is 1. The van der Waals surface area contributed by atoms with E-state index in [0.717, 1.165) is 0 Å². The van der Waals surface area contributed by atoms with E-state index in [2.05, 4.69) is 6.58 Å². The Hall–Kier alpha value is -1.59. The van der Waals surface area contributed by atoms with Crippen LogP contribution in [0.1, 0.15) is 17.3 Å². The zero-order valence-corrected chi connectivity index (χ0v) is 13.8. The monoisotopic (exact) mass is 356 g/mol. The van der Waals surface area contributed by atoms with Crippen LogP contribution in [-0.2, 0) is 9.13 Å². The largest absolute Gasteiger partial charge is 0.357 e. The summed E-state index contributed by atoms with van der Waals surface area (Å²) < 4.78 is 23.7. The fraction of sp³-hybridized carbons (Fsp3) is 0.0714. The van der Waals surface area contributed by atoms with Crippen LogP contribution in [0.15, 0.2) is 42.5 Å². The zero-order valence-electron chi connectivity index (χ0n) is 12.0. The number of fused-ring (bicyclic) bond motifs is 1. The molecule has 0 fully saturated rings. The van der Waals surface area contributed by atoms with Gasteiger partial charge in [-0.1, -0.05) is 30.8 Å². The minimum atomic E-state index is -5.14. The first kappa shape index (κ1) is 17.8. The molecule has 0 saturated heterocycles. The van der Waals surface area contributed by atoms with Crippen molar-refractivity contribution in [2.45, 2.75) is 6.92 Å². The molecule has 0 radical (unpaired) electrons. The maximum atomic E-state index is 12.2. The smallest absolute Gasteiger partial charge is 0.321 e. The molecule has 0 unspecified atom stereocenters. The fourth-order valence-corrected chi connectivity index (χ4v) is 4.88. The molecule has 4 N–H and O–H groups in total. The lowest BCUT2D eigenvalue weighted by molar-refractivity contribution is 0.103. The SMILES string of the molecule is C=C(C)C(=O)c1cc2ccccc2c(P(=O)(O)O)c1P(=O)(O)O. The Balaban J connectivity index is 3.14. The third kappa shape index (κ3) is 3.35. The van der Waals surface area contributed by atoms with Gasteiger partial charge in [0.2, 0.25) is 0 Å². The van der Waals surface area contributed by atoms with Crippen LogP contribution in [0.2, 0.25) is 0 Å². The number of allylic oxidation sites excluding steroid dienone is 1. The molecule has 9 heteroatoms. The number of Topliss-reactive ketones (excluding diaryl/α,β-unsaturated/α-hetero) is 1. The van der Waals surface area contributed by atoms with Crippen molar-refractivity contribution in [1.82, 2.24) is 0 Å². The van der Waals surface area contributed by atoms with Crippen LogP contribution in [0, 0.1) is 0 Å². The minimum absolute atomic E-state index is 0.00774. The van der Waals surface area contributed by atoms with Crippen molar-refractivity contribution in [3.05, 3.63) is 48.0 Å². The van der Waals surface area contributed by atoms with Gasteiger partial charge in [-0.3, -0.25) is 13.9 Å². The van der Waals surface area contributed by atoms with E-state index in [1.54, 1.807) is 6.07 Å². The first-order valence-electron chi connectivity index (χ1n) is 6.32. The van der Waals surface area contributed by atoms with Gasteiger partial charge in [-0.15, -0.1) is 0 Å². The second-order valence-electron chi connectivity index (χ2n) is 5.04. The lowest BCUT2D eigenvalue weighted by Crippen LogP contribution is -2.31. The number of hydrogen-bond donors (Lipinski definition) is 4. The summed E-state index contributed by atoms with van der Waals surface area (Å²) in [6.07, 6.45) is 0. The summed E-state index contributed by atoms with van der Waals surface area (Å²) in [7, 11) is -10.2.